The minimum absolute atomic E-state index is 0.0790. The van der Waals surface area contributed by atoms with Gasteiger partial charge in [0.1, 0.15) is 13.2 Å². The van der Waals surface area contributed by atoms with Crippen molar-refractivity contribution in [2.24, 2.45) is 0 Å². The van der Waals surface area contributed by atoms with Gasteiger partial charge in [-0.05, 0) is 83.5 Å². The molecular weight excluding hydrogens is 793 g/mol. The van der Waals surface area contributed by atoms with Crippen molar-refractivity contribution in [1.29, 1.82) is 0 Å². The van der Waals surface area contributed by atoms with Gasteiger partial charge in [-0.3, -0.25) is 14.4 Å². The number of carbonyl (C=O) groups is 3. The second-order valence-electron chi connectivity index (χ2n) is 18.5. The highest BCUT2D eigenvalue weighted by Gasteiger charge is 2.19. The smallest absolute Gasteiger partial charge is 0.306 e. The Morgan fingerprint density at radius 3 is 0.875 bits per heavy atom. The van der Waals surface area contributed by atoms with Crippen molar-refractivity contribution in [3.05, 3.63) is 48.6 Å². The number of carbonyl (C=O) groups excluding carboxylic acids is 3. The van der Waals surface area contributed by atoms with Crippen LogP contribution in [0.5, 0.6) is 0 Å². The maximum absolute atomic E-state index is 12.8. The molecule has 0 aliphatic carbocycles. The molecule has 0 aromatic rings. The molecule has 0 aromatic heterocycles. The summed E-state index contributed by atoms with van der Waals surface area (Å²) in [5, 5.41) is 0. The van der Waals surface area contributed by atoms with Crippen molar-refractivity contribution in [2.75, 3.05) is 13.2 Å². The molecule has 0 saturated carbocycles. The minimum Gasteiger partial charge on any atom is -0.462 e. The van der Waals surface area contributed by atoms with Crippen LogP contribution in [0.25, 0.3) is 0 Å². The standard InChI is InChI=1S/C58H104O6/c1-4-7-10-13-16-19-22-25-27-29-30-32-33-36-39-42-45-48-51-57(60)63-54-55(53-62-56(59)50-47-44-41-38-35-24-21-18-15-12-9-6-3)64-58(61)52-49-46-43-40-37-34-31-28-26-23-20-17-14-11-8-5-2/h19-20,22-23,27-29,31,55H,4-18,21,24-26,30,32-54H2,1-3H3/b22-19-,23-20-,29-27-,31-28-. The van der Waals surface area contributed by atoms with Crippen LogP contribution >= 0.6 is 0 Å². The molecule has 1 unspecified atom stereocenters. The lowest BCUT2D eigenvalue weighted by Crippen LogP contribution is -2.30. The summed E-state index contributed by atoms with van der Waals surface area (Å²) in [7, 11) is 0. The van der Waals surface area contributed by atoms with E-state index in [0.29, 0.717) is 19.3 Å². The van der Waals surface area contributed by atoms with Gasteiger partial charge >= 0.3 is 17.9 Å². The highest BCUT2D eigenvalue weighted by molar-refractivity contribution is 5.71. The highest BCUT2D eigenvalue weighted by Crippen LogP contribution is 2.15. The van der Waals surface area contributed by atoms with Crippen LogP contribution < -0.4 is 0 Å². The fourth-order valence-electron chi connectivity index (χ4n) is 7.86. The lowest BCUT2D eigenvalue weighted by atomic mass is 10.0. The summed E-state index contributed by atoms with van der Waals surface area (Å²) < 4.78 is 16.8. The van der Waals surface area contributed by atoms with Gasteiger partial charge in [0.25, 0.3) is 0 Å². The van der Waals surface area contributed by atoms with Gasteiger partial charge in [-0.15, -0.1) is 0 Å². The van der Waals surface area contributed by atoms with Gasteiger partial charge in [0.2, 0.25) is 0 Å². The Labute approximate surface area is 397 Å². The molecule has 0 bridgehead atoms. The van der Waals surface area contributed by atoms with Gasteiger partial charge in [-0.25, -0.2) is 0 Å². The topological polar surface area (TPSA) is 78.9 Å². The second-order valence-corrected chi connectivity index (χ2v) is 18.5. The van der Waals surface area contributed by atoms with Gasteiger partial charge in [0, 0.05) is 19.3 Å². The molecule has 372 valence electrons. The van der Waals surface area contributed by atoms with E-state index in [1.165, 1.54) is 148 Å². The number of allylic oxidation sites excluding steroid dienone is 8. The fraction of sp³-hybridized carbons (Fsp3) is 0.810. The fourth-order valence-corrected chi connectivity index (χ4v) is 7.86. The molecule has 6 nitrogen and oxygen atoms in total. The van der Waals surface area contributed by atoms with E-state index < -0.39 is 6.10 Å². The zero-order valence-electron chi connectivity index (χ0n) is 42.6. The molecule has 0 aromatic carbocycles. The van der Waals surface area contributed by atoms with E-state index in [9.17, 15) is 14.4 Å². The first-order valence-corrected chi connectivity index (χ1v) is 27.6. The maximum Gasteiger partial charge on any atom is 0.306 e. The number of hydrogen-bond acceptors (Lipinski definition) is 6. The predicted octanol–water partition coefficient (Wildman–Crippen LogP) is 18.3. The molecule has 0 spiro atoms. The third-order valence-corrected chi connectivity index (χ3v) is 12.1. The van der Waals surface area contributed by atoms with Crippen LogP contribution in [0, 0.1) is 0 Å². The van der Waals surface area contributed by atoms with Crippen LogP contribution in [0.1, 0.15) is 284 Å². The summed E-state index contributed by atoms with van der Waals surface area (Å²) in [6.45, 7) is 6.61. The Morgan fingerprint density at radius 2 is 0.562 bits per heavy atom. The summed E-state index contributed by atoms with van der Waals surface area (Å²) in [5.41, 5.74) is 0. The Kier molecular flexibility index (Phi) is 50.8. The van der Waals surface area contributed by atoms with Crippen LogP contribution in [-0.2, 0) is 28.6 Å². The van der Waals surface area contributed by atoms with E-state index in [-0.39, 0.29) is 31.1 Å². The van der Waals surface area contributed by atoms with Gasteiger partial charge in [-0.2, -0.15) is 0 Å². The number of ether oxygens (including phenoxy) is 3. The van der Waals surface area contributed by atoms with E-state index in [0.717, 1.165) is 96.3 Å². The Morgan fingerprint density at radius 1 is 0.312 bits per heavy atom. The maximum atomic E-state index is 12.8. The Balaban J connectivity index is 4.38. The molecule has 1 atom stereocenters. The quantitative estimate of drug-likeness (QED) is 0.0262. The summed E-state index contributed by atoms with van der Waals surface area (Å²) in [5.74, 6) is -0.890. The molecule has 0 amide bonds. The average Bonchev–Trinajstić information content (AvgIpc) is 3.29. The first-order chi connectivity index (χ1) is 31.5. The van der Waals surface area contributed by atoms with Gasteiger partial charge in [-0.1, -0.05) is 230 Å². The monoisotopic (exact) mass is 897 g/mol. The van der Waals surface area contributed by atoms with Crippen LogP contribution in [0.3, 0.4) is 0 Å². The van der Waals surface area contributed by atoms with Gasteiger partial charge in [0.05, 0.1) is 0 Å². The summed E-state index contributed by atoms with van der Waals surface area (Å²) in [6.07, 6.45) is 63.7. The summed E-state index contributed by atoms with van der Waals surface area (Å²) in [4.78, 5) is 38.0. The number of unbranched alkanes of at least 4 members (excludes halogenated alkanes) is 31. The van der Waals surface area contributed by atoms with Crippen LogP contribution in [0.4, 0.5) is 0 Å². The van der Waals surface area contributed by atoms with Crippen molar-refractivity contribution in [1.82, 2.24) is 0 Å². The molecular formula is C58H104O6. The van der Waals surface area contributed by atoms with Crippen molar-refractivity contribution in [3.8, 4) is 0 Å². The van der Waals surface area contributed by atoms with Crippen LogP contribution in [0.15, 0.2) is 48.6 Å². The van der Waals surface area contributed by atoms with E-state index in [2.05, 4.69) is 69.4 Å². The predicted molar refractivity (Wildman–Crippen MR) is 275 cm³/mol. The molecule has 0 aliphatic heterocycles. The highest BCUT2D eigenvalue weighted by atomic mass is 16.6. The van der Waals surface area contributed by atoms with E-state index in [4.69, 9.17) is 14.2 Å². The lowest BCUT2D eigenvalue weighted by molar-refractivity contribution is -0.167. The molecule has 0 radical (unpaired) electrons. The van der Waals surface area contributed by atoms with Gasteiger partial charge in [0.15, 0.2) is 6.10 Å². The lowest BCUT2D eigenvalue weighted by Gasteiger charge is -2.18. The van der Waals surface area contributed by atoms with Gasteiger partial charge < -0.3 is 14.2 Å². The van der Waals surface area contributed by atoms with E-state index in [1.54, 1.807) is 0 Å². The zero-order valence-corrected chi connectivity index (χ0v) is 42.6. The van der Waals surface area contributed by atoms with Crippen molar-refractivity contribution >= 4 is 17.9 Å². The molecule has 0 heterocycles. The Hall–Kier alpha value is -2.63. The first kappa shape index (κ1) is 61.4. The third kappa shape index (κ3) is 50.4. The van der Waals surface area contributed by atoms with E-state index in [1.807, 2.05) is 0 Å². The third-order valence-electron chi connectivity index (χ3n) is 12.1. The Bertz CT molecular complexity index is 1120. The largest absolute Gasteiger partial charge is 0.462 e. The van der Waals surface area contributed by atoms with Crippen molar-refractivity contribution in [2.45, 2.75) is 290 Å². The van der Waals surface area contributed by atoms with Crippen LogP contribution in [0.2, 0.25) is 0 Å². The number of hydrogen-bond donors (Lipinski definition) is 0. The van der Waals surface area contributed by atoms with E-state index >= 15 is 0 Å². The molecule has 0 aliphatic rings. The summed E-state index contributed by atoms with van der Waals surface area (Å²) >= 11 is 0. The average molecular weight is 897 g/mol. The van der Waals surface area contributed by atoms with Crippen molar-refractivity contribution in [3.63, 3.8) is 0 Å². The first-order valence-electron chi connectivity index (χ1n) is 27.6. The number of rotatable bonds is 50. The van der Waals surface area contributed by atoms with Crippen LogP contribution in [-0.4, -0.2) is 37.2 Å². The molecule has 6 heteroatoms. The van der Waals surface area contributed by atoms with Crippen molar-refractivity contribution < 1.29 is 28.6 Å². The summed E-state index contributed by atoms with van der Waals surface area (Å²) in [6, 6.07) is 0. The SMILES string of the molecule is CCCCCC/C=C\C/C=C\CCCCCCCCCC(=O)OCC(COC(=O)CCCCCCCCCCCCCC)OC(=O)CCCCCCC/C=C\C/C=C\CCCCCC. The minimum atomic E-state index is -0.781. The molecule has 0 fully saturated rings. The molecule has 64 heavy (non-hydrogen) atoms. The zero-order chi connectivity index (χ0) is 46.5. The second kappa shape index (κ2) is 53.0. The normalized spacial score (nSPS) is 12.4. The number of esters is 3. The molecule has 0 rings (SSSR count). The molecule has 0 saturated heterocycles. The molecule has 0 N–H and O–H groups in total.